The second kappa shape index (κ2) is 5.71. The average Bonchev–Trinajstić information content (AvgIpc) is 2.82. The van der Waals surface area contributed by atoms with Gasteiger partial charge in [-0.05, 0) is 24.5 Å². The number of rotatable bonds is 5. The van der Waals surface area contributed by atoms with Gasteiger partial charge in [0.2, 0.25) is 10.0 Å². The fraction of sp³-hybridized carbons (Fsp3) is 0.538. The fourth-order valence-corrected chi connectivity index (χ4v) is 3.68. The van der Waals surface area contributed by atoms with Crippen molar-refractivity contribution in [1.82, 2.24) is 4.72 Å². The van der Waals surface area contributed by atoms with Crippen LogP contribution in [0.25, 0.3) is 0 Å². The van der Waals surface area contributed by atoms with E-state index in [0.717, 1.165) is 6.42 Å². The molecule has 18 heavy (non-hydrogen) atoms. The zero-order chi connectivity index (χ0) is 13.0. The van der Waals surface area contributed by atoms with Crippen LogP contribution >= 0.6 is 0 Å². The molecule has 3 N–H and O–H groups in total. The number of para-hydroxylation sites is 1. The summed E-state index contributed by atoms with van der Waals surface area (Å²) in [6.45, 7) is 0.501. The van der Waals surface area contributed by atoms with Gasteiger partial charge < -0.3 is 5.73 Å². The van der Waals surface area contributed by atoms with Crippen LogP contribution in [-0.4, -0.2) is 15.0 Å². The number of nitrogens with one attached hydrogen (secondary N) is 1. The minimum atomic E-state index is -3.46. The second-order valence-corrected chi connectivity index (χ2v) is 6.61. The smallest absolute Gasteiger partial charge is 0.242 e. The van der Waals surface area contributed by atoms with Gasteiger partial charge in [-0.15, -0.1) is 0 Å². The third-order valence-electron chi connectivity index (χ3n) is 3.53. The highest BCUT2D eigenvalue weighted by molar-refractivity contribution is 7.89. The molecule has 1 aromatic carbocycles. The Labute approximate surface area is 109 Å². The molecule has 0 heterocycles. The van der Waals surface area contributed by atoms with Crippen LogP contribution in [0.3, 0.4) is 0 Å². The Morgan fingerprint density at radius 1 is 1.22 bits per heavy atom. The normalized spacial score (nSPS) is 17.1. The maximum absolute atomic E-state index is 12.0. The molecule has 0 amide bonds. The summed E-state index contributed by atoms with van der Waals surface area (Å²) >= 11 is 0. The summed E-state index contributed by atoms with van der Waals surface area (Å²) in [6, 6.07) is 6.55. The molecule has 1 aliphatic carbocycles. The van der Waals surface area contributed by atoms with Gasteiger partial charge in [-0.1, -0.05) is 37.8 Å². The molecular formula is C13H20N2O2S. The molecule has 2 rings (SSSR count). The van der Waals surface area contributed by atoms with E-state index in [0.29, 0.717) is 18.2 Å². The van der Waals surface area contributed by atoms with Crippen molar-refractivity contribution < 1.29 is 8.42 Å². The van der Waals surface area contributed by atoms with Gasteiger partial charge in [0, 0.05) is 6.54 Å². The van der Waals surface area contributed by atoms with E-state index in [-0.39, 0.29) is 4.90 Å². The van der Waals surface area contributed by atoms with Gasteiger partial charge in [-0.25, -0.2) is 13.1 Å². The van der Waals surface area contributed by atoms with Gasteiger partial charge in [0.05, 0.1) is 5.69 Å². The molecule has 1 aromatic rings. The highest BCUT2D eigenvalue weighted by atomic mass is 32.2. The van der Waals surface area contributed by atoms with E-state index < -0.39 is 10.0 Å². The van der Waals surface area contributed by atoms with Crippen LogP contribution in [0.4, 0.5) is 5.69 Å². The first-order valence-electron chi connectivity index (χ1n) is 6.44. The summed E-state index contributed by atoms with van der Waals surface area (Å²) in [5.41, 5.74) is 5.98. The van der Waals surface area contributed by atoms with Crippen LogP contribution < -0.4 is 10.5 Å². The lowest BCUT2D eigenvalue weighted by Crippen LogP contribution is -2.26. The van der Waals surface area contributed by atoms with Crippen LogP contribution in [0.5, 0.6) is 0 Å². The van der Waals surface area contributed by atoms with E-state index >= 15 is 0 Å². The van der Waals surface area contributed by atoms with E-state index in [9.17, 15) is 8.42 Å². The van der Waals surface area contributed by atoms with E-state index in [1.807, 2.05) is 0 Å². The highest BCUT2D eigenvalue weighted by Gasteiger charge is 2.18. The largest absolute Gasteiger partial charge is 0.398 e. The van der Waals surface area contributed by atoms with Gasteiger partial charge in [0.1, 0.15) is 4.90 Å². The Morgan fingerprint density at radius 2 is 1.89 bits per heavy atom. The summed E-state index contributed by atoms with van der Waals surface area (Å²) in [6.07, 6.45) is 5.95. The Morgan fingerprint density at radius 3 is 2.56 bits per heavy atom. The number of anilines is 1. The molecule has 1 fully saturated rings. The van der Waals surface area contributed by atoms with Gasteiger partial charge in [-0.2, -0.15) is 0 Å². The van der Waals surface area contributed by atoms with Gasteiger partial charge in [0.25, 0.3) is 0 Å². The predicted molar refractivity (Wildman–Crippen MR) is 72.6 cm³/mol. The molecule has 1 saturated carbocycles. The molecule has 0 radical (unpaired) electrons. The molecule has 5 heteroatoms. The van der Waals surface area contributed by atoms with Gasteiger partial charge in [-0.3, -0.25) is 0 Å². The number of benzene rings is 1. The van der Waals surface area contributed by atoms with Gasteiger partial charge >= 0.3 is 0 Å². The van der Waals surface area contributed by atoms with Crippen molar-refractivity contribution in [2.45, 2.75) is 37.0 Å². The van der Waals surface area contributed by atoms with Crippen molar-refractivity contribution in [3.8, 4) is 0 Å². The second-order valence-electron chi connectivity index (χ2n) is 4.87. The standard InChI is InChI=1S/C13H20N2O2S/c14-12-7-3-4-8-13(12)18(16,17)15-10-9-11-5-1-2-6-11/h3-4,7-8,11,15H,1-2,5-6,9-10,14H2. The molecule has 0 spiro atoms. The van der Waals surface area contributed by atoms with E-state index in [1.165, 1.54) is 31.7 Å². The molecule has 0 aromatic heterocycles. The Kier molecular flexibility index (Phi) is 4.24. The van der Waals surface area contributed by atoms with Gasteiger partial charge in [0.15, 0.2) is 0 Å². The van der Waals surface area contributed by atoms with Crippen molar-refractivity contribution in [3.63, 3.8) is 0 Å². The monoisotopic (exact) mass is 268 g/mol. The van der Waals surface area contributed by atoms with E-state index in [2.05, 4.69) is 4.72 Å². The topological polar surface area (TPSA) is 72.2 Å². The number of sulfonamides is 1. The predicted octanol–water partition coefficient (Wildman–Crippen LogP) is 2.13. The number of hydrogen-bond acceptors (Lipinski definition) is 3. The summed E-state index contributed by atoms with van der Waals surface area (Å²) < 4.78 is 26.7. The third kappa shape index (κ3) is 3.23. The Hall–Kier alpha value is -1.07. The van der Waals surface area contributed by atoms with E-state index in [1.54, 1.807) is 18.2 Å². The number of nitrogen functional groups attached to an aromatic ring is 1. The quantitative estimate of drug-likeness (QED) is 0.803. The molecule has 0 aliphatic heterocycles. The van der Waals surface area contributed by atoms with Crippen molar-refractivity contribution >= 4 is 15.7 Å². The molecule has 100 valence electrons. The number of nitrogens with two attached hydrogens (primary N) is 1. The summed E-state index contributed by atoms with van der Waals surface area (Å²) in [7, 11) is -3.46. The molecule has 0 bridgehead atoms. The molecule has 0 saturated heterocycles. The van der Waals surface area contributed by atoms with Crippen molar-refractivity contribution in [2.24, 2.45) is 5.92 Å². The maximum atomic E-state index is 12.0. The molecule has 1 aliphatic rings. The van der Waals surface area contributed by atoms with Crippen LogP contribution in [0.1, 0.15) is 32.1 Å². The summed E-state index contributed by atoms with van der Waals surface area (Å²) in [4.78, 5) is 0.177. The molecule has 4 nitrogen and oxygen atoms in total. The highest BCUT2D eigenvalue weighted by Crippen LogP contribution is 2.27. The SMILES string of the molecule is Nc1ccccc1S(=O)(=O)NCCC1CCCC1. The first-order chi connectivity index (χ1) is 8.59. The lowest BCUT2D eigenvalue weighted by molar-refractivity contribution is 0.496. The summed E-state index contributed by atoms with van der Waals surface area (Å²) in [5.74, 6) is 0.681. The van der Waals surface area contributed by atoms with Crippen LogP contribution in [0.15, 0.2) is 29.2 Å². The van der Waals surface area contributed by atoms with Crippen LogP contribution in [0.2, 0.25) is 0 Å². The fourth-order valence-electron chi connectivity index (χ4n) is 2.50. The molecule has 0 atom stereocenters. The third-order valence-corrected chi connectivity index (χ3v) is 5.06. The Bertz CT molecular complexity index is 493. The van der Waals surface area contributed by atoms with E-state index in [4.69, 9.17) is 5.73 Å². The van der Waals surface area contributed by atoms with Crippen molar-refractivity contribution in [3.05, 3.63) is 24.3 Å². The number of hydrogen-bond donors (Lipinski definition) is 2. The minimum Gasteiger partial charge on any atom is -0.398 e. The van der Waals surface area contributed by atoms with Crippen molar-refractivity contribution in [2.75, 3.05) is 12.3 Å². The molecular weight excluding hydrogens is 248 g/mol. The first-order valence-corrected chi connectivity index (χ1v) is 7.92. The lowest BCUT2D eigenvalue weighted by atomic mass is 10.1. The van der Waals surface area contributed by atoms with Crippen molar-refractivity contribution in [1.29, 1.82) is 0 Å². The minimum absolute atomic E-state index is 0.177. The van der Waals surface area contributed by atoms with Crippen LogP contribution in [-0.2, 0) is 10.0 Å². The van der Waals surface area contributed by atoms with Crippen LogP contribution in [0, 0.1) is 5.92 Å². The molecule has 0 unspecified atom stereocenters. The zero-order valence-corrected chi connectivity index (χ0v) is 11.2. The lowest BCUT2D eigenvalue weighted by Gasteiger charge is -2.11. The summed E-state index contributed by atoms with van der Waals surface area (Å²) in [5, 5.41) is 0. The zero-order valence-electron chi connectivity index (χ0n) is 10.4. The average molecular weight is 268 g/mol. The first kappa shape index (κ1) is 13.4. The Balaban J connectivity index is 1.93. The maximum Gasteiger partial charge on any atom is 0.242 e.